The molecule has 1 unspecified atom stereocenters. The number of rotatable bonds is 3. The molecule has 29 heavy (non-hydrogen) atoms. The molecule has 0 bridgehead atoms. The van der Waals surface area contributed by atoms with E-state index < -0.39 is 11.6 Å². The van der Waals surface area contributed by atoms with Crippen molar-refractivity contribution in [3.63, 3.8) is 0 Å². The van der Waals surface area contributed by atoms with E-state index in [9.17, 15) is 8.78 Å². The minimum absolute atomic E-state index is 0.187. The number of hydrogen-bond donors (Lipinski definition) is 3. The fraction of sp³-hybridized carbons (Fsp3) is 0.227. The number of allylic oxidation sites excluding steroid dienone is 1. The van der Waals surface area contributed by atoms with Gasteiger partial charge in [0.2, 0.25) is 0 Å². The van der Waals surface area contributed by atoms with Crippen molar-refractivity contribution >= 4 is 27.9 Å². The molecule has 0 spiro atoms. The van der Waals surface area contributed by atoms with Crippen molar-refractivity contribution in [2.45, 2.75) is 25.3 Å². The molecule has 0 radical (unpaired) electrons. The van der Waals surface area contributed by atoms with Crippen molar-refractivity contribution in [2.24, 2.45) is 5.73 Å². The van der Waals surface area contributed by atoms with Gasteiger partial charge in [-0.2, -0.15) is 5.48 Å². The number of aromatic nitrogens is 2. The molecule has 5 rings (SSSR count). The van der Waals surface area contributed by atoms with Gasteiger partial charge in [0.1, 0.15) is 5.65 Å². The van der Waals surface area contributed by atoms with Crippen LogP contribution in [0.25, 0.3) is 27.9 Å². The fourth-order valence-electron chi connectivity index (χ4n) is 3.98. The van der Waals surface area contributed by atoms with Crippen LogP contribution in [0.15, 0.2) is 42.7 Å². The Hall–Kier alpha value is -3.03. The van der Waals surface area contributed by atoms with Gasteiger partial charge in [-0.3, -0.25) is 0 Å². The molecular weight excluding hydrogens is 374 g/mol. The number of nitrogens with zero attached hydrogens (tertiary/aromatic N) is 1. The SMILES string of the molecule is NC1CC=C(c2cnc3[nH]cc(C4=C(c5cccc(F)c5F)CNO4)c3c2)CC1. The number of benzene rings is 1. The van der Waals surface area contributed by atoms with Gasteiger partial charge in [0, 0.05) is 40.5 Å². The molecule has 3 heterocycles. The number of hydrogen-bond acceptors (Lipinski definition) is 4. The first-order valence-electron chi connectivity index (χ1n) is 9.61. The molecule has 0 saturated carbocycles. The van der Waals surface area contributed by atoms with E-state index in [2.05, 4.69) is 27.6 Å². The van der Waals surface area contributed by atoms with Crippen LogP contribution in [0.2, 0.25) is 0 Å². The summed E-state index contributed by atoms with van der Waals surface area (Å²) in [6.07, 6.45) is 8.52. The molecule has 2 aliphatic rings. The summed E-state index contributed by atoms with van der Waals surface area (Å²) < 4.78 is 28.1. The molecule has 0 saturated heterocycles. The number of aromatic amines is 1. The highest BCUT2D eigenvalue weighted by Gasteiger charge is 2.26. The Balaban J connectivity index is 1.63. The van der Waals surface area contributed by atoms with Crippen LogP contribution in [0, 0.1) is 11.6 Å². The van der Waals surface area contributed by atoms with Crippen LogP contribution in [0.1, 0.15) is 36.0 Å². The zero-order valence-electron chi connectivity index (χ0n) is 15.6. The average molecular weight is 394 g/mol. The van der Waals surface area contributed by atoms with Crippen molar-refractivity contribution in [1.82, 2.24) is 15.4 Å². The third-order valence-corrected chi connectivity index (χ3v) is 5.57. The summed E-state index contributed by atoms with van der Waals surface area (Å²) in [6.45, 7) is 0.276. The highest BCUT2D eigenvalue weighted by Crippen LogP contribution is 2.36. The third-order valence-electron chi connectivity index (χ3n) is 5.57. The lowest BCUT2D eigenvalue weighted by molar-refractivity contribution is 0.191. The van der Waals surface area contributed by atoms with E-state index >= 15 is 0 Å². The Morgan fingerprint density at radius 3 is 2.93 bits per heavy atom. The Kier molecular flexibility index (Phi) is 4.41. The van der Waals surface area contributed by atoms with Crippen molar-refractivity contribution < 1.29 is 13.6 Å². The third kappa shape index (κ3) is 3.12. The summed E-state index contributed by atoms with van der Waals surface area (Å²) in [5.41, 5.74) is 13.3. The van der Waals surface area contributed by atoms with Crippen molar-refractivity contribution in [2.75, 3.05) is 6.54 Å². The van der Waals surface area contributed by atoms with Gasteiger partial charge >= 0.3 is 0 Å². The van der Waals surface area contributed by atoms with Gasteiger partial charge in [-0.1, -0.05) is 18.2 Å². The van der Waals surface area contributed by atoms with Gasteiger partial charge in [-0.25, -0.2) is 13.8 Å². The molecule has 5 nitrogen and oxygen atoms in total. The van der Waals surface area contributed by atoms with Crippen LogP contribution in [0.5, 0.6) is 0 Å². The summed E-state index contributed by atoms with van der Waals surface area (Å²) in [5, 5.41) is 0.867. The lowest BCUT2D eigenvalue weighted by Crippen LogP contribution is -2.21. The summed E-state index contributed by atoms with van der Waals surface area (Å²) in [5.74, 6) is -1.29. The van der Waals surface area contributed by atoms with Gasteiger partial charge < -0.3 is 15.6 Å². The first-order chi connectivity index (χ1) is 14.1. The zero-order chi connectivity index (χ0) is 20.0. The molecule has 7 heteroatoms. The highest BCUT2D eigenvalue weighted by atomic mass is 19.2. The number of fused-ring (bicyclic) bond motifs is 1. The number of nitrogens with two attached hydrogens (primary N) is 1. The standard InChI is InChI=1S/C22H20F2N4O/c23-19-3-1-2-15(20(19)24)18-11-28-29-21(18)17-10-27-22-16(17)8-13(9-26-22)12-4-6-14(25)7-5-12/h1-4,8-10,14,28H,5-7,11,25H2,(H,26,27). The largest absolute Gasteiger partial charge is 0.407 e. The first-order valence-corrected chi connectivity index (χ1v) is 9.61. The highest BCUT2D eigenvalue weighted by molar-refractivity contribution is 5.99. The van der Waals surface area contributed by atoms with E-state index in [0.29, 0.717) is 17.0 Å². The number of halogens is 2. The normalized spacial score (nSPS) is 19.6. The minimum Gasteiger partial charge on any atom is -0.407 e. The first kappa shape index (κ1) is 18.0. The van der Waals surface area contributed by atoms with E-state index in [4.69, 9.17) is 10.6 Å². The van der Waals surface area contributed by atoms with Gasteiger partial charge in [0.05, 0.1) is 6.54 Å². The lowest BCUT2D eigenvalue weighted by Gasteiger charge is -2.18. The quantitative estimate of drug-likeness (QED) is 0.624. The van der Waals surface area contributed by atoms with Crippen molar-refractivity contribution in [3.05, 3.63) is 71.1 Å². The van der Waals surface area contributed by atoms with E-state index in [1.54, 1.807) is 12.3 Å². The second-order valence-corrected chi connectivity index (χ2v) is 7.42. The summed E-state index contributed by atoms with van der Waals surface area (Å²) in [7, 11) is 0. The summed E-state index contributed by atoms with van der Waals surface area (Å²) in [4.78, 5) is 13.3. The Morgan fingerprint density at radius 1 is 1.21 bits per heavy atom. The molecule has 3 aromatic rings. The molecular formula is C22H20F2N4O. The van der Waals surface area contributed by atoms with Crippen LogP contribution in [-0.4, -0.2) is 22.6 Å². The van der Waals surface area contributed by atoms with Crippen LogP contribution in [0.4, 0.5) is 8.78 Å². The maximum absolute atomic E-state index is 14.4. The zero-order valence-corrected chi connectivity index (χ0v) is 15.6. The smallest absolute Gasteiger partial charge is 0.166 e. The Morgan fingerprint density at radius 2 is 2.10 bits per heavy atom. The monoisotopic (exact) mass is 394 g/mol. The van der Waals surface area contributed by atoms with Crippen LogP contribution >= 0.6 is 0 Å². The van der Waals surface area contributed by atoms with Gasteiger partial charge in [0.15, 0.2) is 17.4 Å². The minimum atomic E-state index is -0.883. The molecule has 1 aliphatic carbocycles. The molecule has 1 aliphatic heterocycles. The topological polar surface area (TPSA) is 76.0 Å². The lowest BCUT2D eigenvalue weighted by atomic mass is 9.91. The second-order valence-electron chi connectivity index (χ2n) is 7.42. The predicted octanol–water partition coefficient (Wildman–Crippen LogP) is 4.14. The molecule has 0 amide bonds. The van der Waals surface area contributed by atoms with Crippen LogP contribution < -0.4 is 11.2 Å². The number of nitrogens with one attached hydrogen (secondary N) is 2. The van der Waals surface area contributed by atoms with Crippen molar-refractivity contribution in [1.29, 1.82) is 0 Å². The number of H-pyrrole nitrogens is 1. The maximum atomic E-state index is 14.4. The Labute approximate surface area is 166 Å². The van der Waals surface area contributed by atoms with Gasteiger partial charge in [0.25, 0.3) is 0 Å². The molecule has 4 N–H and O–H groups in total. The molecule has 0 fully saturated rings. The van der Waals surface area contributed by atoms with Crippen LogP contribution in [-0.2, 0) is 4.84 Å². The number of hydroxylamine groups is 1. The second kappa shape index (κ2) is 7.09. The van der Waals surface area contributed by atoms with E-state index in [1.807, 2.05) is 6.20 Å². The van der Waals surface area contributed by atoms with Gasteiger partial charge in [-0.05, 0) is 42.5 Å². The van der Waals surface area contributed by atoms with Crippen molar-refractivity contribution in [3.8, 4) is 0 Å². The molecule has 1 aromatic carbocycles. The summed E-state index contributed by atoms with van der Waals surface area (Å²) in [6, 6.07) is 6.42. The Bertz CT molecular complexity index is 1160. The number of pyridine rings is 1. The van der Waals surface area contributed by atoms with Crippen LogP contribution in [0.3, 0.4) is 0 Å². The van der Waals surface area contributed by atoms with E-state index in [-0.39, 0.29) is 18.2 Å². The average Bonchev–Trinajstić information content (AvgIpc) is 3.36. The molecule has 148 valence electrons. The van der Waals surface area contributed by atoms with E-state index in [1.165, 1.54) is 11.6 Å². The summed E-state index contributed by atoms with van der Waals surface area (Å²) >= 11 is 0. The molecule has 1 atom stereocenters. The predicted molar refractivity (Wildman–Crippen MR) is 108 cm³/mol. The molecule has 2 aromatic heterocycles. The fourth-order valence-corrected chi connectivity index (χ4v) is 3.98. The van der Waals surface area contributed by atoms with Gasteiger partial charge in [-0.15, -0.1) is 0 Å². The van der Waals surface area contributed by atoms with E-state index in [0.717, 1.165) is 41.8 Å². The maximum Gasteiger partial charge on any atom is 0.166 e.